The van der Waals surface area contributed by atoms with Crippen molar-refractivity contribution in [1.82, 2.24) is 10.2 Å². The summed E-state index contributed by atoms with van der Waals surface area (Å²) >= 11 is 0. The molecule has 0 aliphatic carbocycles. The van der Waals surface area contributed by atoms with Gasteiger partial charge in [-0.05, 0) is 26.2 Å². The smallest absolute Gasteiger partial charge is 0.243 e. The molecule has 1 fully saturated rings. The van der Waals surface area contributed by atoms with Crippen molar-refractivity contribution in [3.8, 4) is 0 Å². The molecule has 1 rings (SSSR count). The standard InChI is InChI=1S/C16H32N2O/c1-5-8-9-10-11-12-13-18-14(6-2)17-16(4,7-3)15(18)19/h14,17H,5-13H2,1-4H3. The molecule has 1 N–H and O–H groups in total. The number of carbonyl (C=O) groups is 1. The van der Waals surface area contributed by atoms with Crippen LogP contribution >= 0.6 is 0 Å². The van der Waals surface area contributed by atoms with Crippen LogP contribution in [-0.4, -0.2) is 29.1 Å². The maximum absolute atomic E-state index is 12.5. The Morgan fingerprint density at radius 3 is 2.32 bits per heavy atom. The average molecular weight is 268 g/mol. The summed E-state index contributed by atoms with van der Waals surface area (Å²) in [5.74, 6) is 0.301. The quantitative estimate of drug-likeness (QED) is 0.647. The van der Waals surface area contributed by atoms with E-state index in [0.717, 1.165) is 25.8 Å². The summed E-state index contributed by atoms with van der Waals surface area (Å²) in [4.78, 5) is 14.5. The fraction of sp³-hybridized carbons (Fsp3) is 0.938. The molecule has 0 saturated carbocycles. The van der Waals surface area contributed by atoms with Crippen molar-refractivity contribution < 1.29 is 4.79 Å². The zero-order valence-corrected chi connectivity index (χ0v) is 13.3. The van der Waals surface area contributed by atoms with Gasteiger partial charge in [-0.25, -0.2) is 0 Å². The van der Waals surface area contributed by atoms with Crippen LogP contribution in [-0.2, 0) is 4.79 Å². The first-order valence-corrected chi connectivity index (χ1v) is 8.17. The Hall–Kier alpha value is -0.570. The summed E-state index contributed by atoms with van der Waals surface area (Å²) in [6.45, 7) is 9.45. The topological polar surface area (TPSA) is 32.3 Å². The van der Waals surface area contributed by atoms with E-state index >= 15 is 0 Å². The minimum atomic E-state index is -0.330. The molecule has 3 heteroatoms. The predicted octanol–water partition coefficient (Wildman–Crippen LogP) is 3.68. The van der Waals surface area contributed by atoms with Crippen molar-refractivity contribution in [2.24, 2.45) is 0 Å². The molecule has 1 heterocycles. The van der Waals surface area contributed by atoms with Crippen LogP contribution in [0.25, 0.3) is 0 Å². The number of carbonyl (C=O) groups excluding carboxylic acids is 1. The lowest BCUT2D eigenvalue weighted by Gasteiger charge is -2.23. The molecule has 19 heavy (non-hydrogen) atoms. The van der Waals surface area contributed by atoms with Crippen LogP contribution in [0, 0.1) is 0 Å². The van der Waals surface area contributed by atoms with E-state index in [4.69, 9.17) is 0 Å². The molecule has 0 aromatic rings. The van der Waals surface area contributed by atoms with E-state index in [0.29, 0.717) is 5.91 Å². The second-order valence-electron chi connectivity index (χ2n) is 6.02. The van der Waals surface area contributed by atoms with E-state index in [1.54, 1.807) is 0 Å². The van der Waals surface area contributed by atoms with Gasteiger partial charge in [0.05, 0.1) is 11.7 Å². The van der Waals surface area contributed by atoms with Crippen LogP contribution in [0.1, 0.15) is 79.1 Å². The van der Waals surface area contributed by atoms with Crippen LogP contribution in [0.5, 0.6) is 0 Å². The summed E-state index contributed by atoms with van der Waals surface area (Å²) < 4.78 is 0. The summed E-state index contributed by atoms with van der Waals surface area (Å²) in [5, 5.41) is 3.50. The Bertz CT molecular complexity index is 280. The summed E-state index contributed by atoms with van der Waals surface area (Å²) in [5.41, 5.74) is -0.330. The zero-order chi connectivity index (χ0) is 14.3. The van der Waals surface area contributed by atoms with E-state index in [1.165, 1.54) is 32.1 Å². The highest BCUT2D eigenvalue weighted by atomic mass is 16.2. The molecular weight excluding hydrogens is 236 g/mol. The zero-order valence-electron chi connectivity index (χ0n) is 13.3. The van der Waals surface area contributed by atoms with Gasteiger partial charge in [-0.2, -0.15) is 0 Å². The summed E-state index contributed by atoms with van der Waals surface area (Å²) in [7, 11) is 0. The Kier molecular flexibility index (Phi) is 6.84. The van der Waals surface area contributed by atoms with Crippen molar-refractivity contribution in [1.29, 1.82) is 0 Å². The first kappa shape index (κ1) is 16.5. The third kappa shape index (κ3) is 4.20. The van der Waals surface area contributed by atoms with E-state index in [1.807, 2.05) is 6.92 Å². The Morgan fingerprint density at radius 1 is 1.11 bits per heavy atom. The maximum atomic E-state index is 12.5. The van der Waals surface area contributed by atoms with Crippen molar-refractivity contribution in [2.75, 3.05) is 6.54 Å². The first-order valence-electron chi connectivity index (χ1n) is 8.17. The fourth-order valence-electron chi connectivity index (χ4n) is 2.86. The van der Waals surface area contributed by atoms with Gasteiger partial charge in [-0.3, -0.25) is 10.1 Å². The summed E-state index contributed by atoms with van der Waals surface area (Å²) in [6, 6.07) is 0. The lowest BCUT2D eigenvalue weighted by molar-refractivity contribution is -0.133. The number of hydrogen-bond acceptors (Lipinski definition) is 2. The lowest BCUT2D eigenvalue weighted by Crippen LogP contribution is -2.43. The van der Waals surface area contributed by atoms with Crippen molar-refractivity contribution in [3.05, 3.63) is 0 Å². The number of hydrogen-bond donors (Lipinski definition) is 1. The van der Waals surface area contributed by atoms with Crippen LogP contribution in [0.2, 0.25) is 0 Å². The molecular formula is C16H32N2O. The van der Waals surface area contributed by atoms with Crippen molar-refractivity contribution >= 4 is 5.91 Å². The van der Waals surface area contributed by atoms with Gasteiger partial charge in [0.25, 0.3) is 0 Å². The minimum absolute atomic E-state index is 0.244. The van der Waals surface area contributed by atoms with Crippen molar-refractivity contribution in [3.63, 3.8) is 0 Å². The number of unbranched alkanes of at least 4 members (excludes halogenated alkanes) is 5. The Balaban J connectivity index is 2.37. The first-order chi connectivity index (χ1) is 9.09. The van der Waals surface area contributed by atoms with Crippen LogP contribution in [0.4, 0.5) is 0 Å². The molecule has 0 aromatic carbocycles. The van der Waals surface area contributed by atoms with E-state index < -0.39 is 0 Å². The number of amides is 1. The predicted molar refractivity (Wildman–Crippen MR) is 81.0 cm³/mol. The number of nitrogens with zero attached hydrogens (tertiary/aromatic N) is 1. The lowest BCUT2D eigenvalue weighted by atomic mass is 9.99. The number of rotatable bonds is 9. The molecule has 0 bridgehead atoms. The molecule has 0 aromatic heterocycles. The average Bonchev–Trinajstić information content (AvgIpc) is 2.67. The number of nitrogens with one attached hydrogen (secondary N) is 1. The molecule has 1 amide bonds. The monoisotopic (exact) mass is 268 g/mol. The molecule has 2 unspecified atom stereocenters. The third-order valence-corrected chi connectivity index (χ3v) is 4.44. The van der Waals surface area contributed by atoms with Gasteiger partial charge in [-0.1, -0.05) is 52.9 Å². The highest BCUT2D eigenvalue weighted by molar-refractivity contribution is 5.88. The van der Waals surface area contributed by atoms with Gasteiger partial charge >= 0.3 is 0 Å². The van der Waals surface area contributed by atoms with E-state index in [2.05, 4.69) is 31.0 Å². The normalized spacial score (nSPS) is 27.3. The van der Waals surface area contributed by atoms with E-state index in [-0.39, 0.29) is 11.7 Å². The third-order valence-electron chi connectivity index (χ3n) is 4.44. The largest absolute Gasteiger partial charge is 0.326 e. The second-order valence-corrected chi connectivity index (χ2v) is 6.02. The van der Waals surface area contributed by atoms with Gasteiger partial charge in [-0.15, -0.1) is 0 Å². The van der Waals surface area contributed by atoms with Crippen LogP contribution in [0.3, 0.4) is 0 Å². The van der Waals surface area contributed by atoms with Gasteiger partial charge in [0.1, 0.15) is 0 Å². The van der Waals surface area contributed by atoms with Gasteiger partial charge in [0, 0.05) is 6.54 Å². The Morgan fingerprint density at radius 2 is 1.74 bits per heavy atom. The maximum Gasteiger partial charge on any atom is 0.243 e. The van der Waals surface area contributed by atoms with Crippen LogP contribution in [0.15, 0.2) is 0 Å². The summed E-state index contributed by atoms with van der Waals surface area (Å²) in [6.07, 6.45) is 9.80. The fourth-order valence-corrected chi connectivity index (χ4v) is 2.86. The highest BCUT2D eigenvalue weighted by Gasteiger charge is 2.45. The minimum Gasteiger partial charge on any atom is -0.326 e. The second kappa shape index (κ2) is 7.88. The molecule has 1 saturated heterocycles. The van der Waals surface area contributed by atoms with E-state index in [9.17, 15) is 4.79 Å². The molecule has 0 radical (unpaired) electrons. The van der Waals surface area contributed by atoms with Crippen molar-refractivity contribution in [2.45, 2.75) is 90.8 Å². The van der Waals surface area contributed by atoms with Gasteiger partial charge in [0.15, 0.2) is 0 Å². The molecule has 0 spiro atoms. The molecule has 3 nitrogen and oxygen atoms in total. The highest BCUT2D eigenvalue weighted by Crippen LogP contribution is 2.25. The van der Waals surface area contributed by atoms with Gasteiger partial charge in [0.2, 0.25) is 5.91 Å². The molecule has 112 valence electrons. The van der Waals surface area contributed by atoms with Crippen LogP contribution < -0.4 is 5.32 Å². The molecule has 1 aliphatic heterocycles. The molecule has 2 atom stereocenters. The Labute approximate surface area is 119 Å². The SMILES string of the molecule is CCCCCCCCN1C(=O)C(C)(CC)NC1CC. The molecule has 1 aliphatic rings. The van der Waals surface area contributed by atoms with Gasteiger partial charge < -0.3 is 4.90 Å².